The van der Waals surface area contributed by atoms with E-state index in [4.69, 9.17) is 4.74 Å². The number of hydrogen-bond donors (Lipinski definition) is 1. The molecule has 0 aromatic heterocycles. The SMILES string of the molecule is CCC1CCCC(Nc2ccc(OC)c(F)c2)CC1. The molecule has 0 spiro atoms. The highest BCUT2D eigenvalue weighted by Gasteiger charge is 2.17. The third-order valence-electron chi connectivity index (χ3n) is 4.19. The van der Waals surface area contributed by atoms with E-state index in [2.05, 4.69) is 12.2 Å². The number of hydrogen-bond acceptors (Lipinski definition) is 2. The normalized spacial score (nSPS) is 23.7. The van der Waals surface area contributed by atoms with Crippen molar-refractivity contribution in [1.82, 2.24) is 0 Å². The Labute approximate surface area is 115 Å². The van der Waals surface area contributed by atoms with Crippen LogP contribution in [0.1, 0.15) is 45.4 Å². The molecule has 1 N–H and O–H groups in total. The van der Waals surface area contributed by atoms with Crippen molar-refractivity contribution >= 4 is 5.69 Å². The van der Waals surface area contributed by atoms with Gasteiger partial charge in [-0.05, 0) is 37.3 Å². The van der Waals surface area contributed by atoms with Gasteiger partial charge in [0.1, 0.15) is 0 Å². The molecule has 0 bridgehead atoms. The molecular formula is C16H24FNO. The van der Waals surface area contributed by atoms with Crippen LogP contribution in [0.15, 0.2) is 18.2 Å². The van der Waals surface area contributed by atoms with E-state index in [-0.39, 0.29) is 5.82 Å². The monoisotopic (exact) mass is 265 g/mol. The van der Waals surface area contributed by atoms with Gasteiger partial charge in [0.15, 0.2) is 11.6 Å². The Morgan fingerprint density at radius 3 is 2.79 bits per heavy atom. The second-order valence-corrected chi connectivity index (χ2v) is 5.47. The molecule has 2 atom stereocenters. The summed E-state index contributed by atoms with van der Waals surface area (Å²) in [5, 5.41) is 3.46. The van der Waals surface area contributed by atoms with Crippen LogP contribution in [0.5, 0.6) is 5.75 Å². The van der Waals surface area contributed by atoms with Crippen molar-refractivity contribution in [3.05, 3.63) is 24.0 Å². The highest BCUT2D eigenvalue weighted by atomic mass is 19.1. The van der Waals surface area contributed by atoms with Crippen LogP contribution in [0.4, 0.5) is 10.1 Å². The van der Waals surface area contributed by atoms with Crippen LogP contribution in [-0.2, 0) is 0 Å². The highest BCUT2D eigenvalue weighted by molar-refractivity contribution is 5.48. The number of rotatable bonds is 4. The molecule has 1 saturated carbocycles. The molecule has 1 aromatic rings. The molecule has 1 aliphatic rings. The van der Waals surface area contributed by atoms with Gasteiger partial charge in [0.05, 0.1) is 7.11 Å². The predicted molar refractivity (Wildman–Crippen MR) is 77.2 cm³/mol. The second-order valence-electron chi connectivity index (χ2n) is 5.47. The molecule has 1 aromatic carbocycles. The summed E-state index contributed by atoms with van der Waals surface area (Å²) in [5.74, 6) is 0.879. The quantitative estimate of drug-likeness (QED) is 0.803. The molecule has 0 heterocycles. The fraction of sp³-hybridized carbons (Fsp3) is 0.625. The summed E-state index contributed by atoms with van der Waals surface area (Å²) in [6.45, 7) is 2.28. The summed E-state index contributed by atoms with van der Waals surface area (Å²) in [7, 11) is 1.49. The van der Waals surface area contributed by atoms with Crippen LogP contribution in [0, 0.1) is 11.7 Å². The molecule has 0 aliphatic heterocycles. The van der Waals surface area contributed by atoms with Crippen molar-refractivity contribution in [1.29, 1.82) is 0 Å². The van der Waals surface area contributed by atoms with Crippen molar-refractivity contribution in [3.63, 3.8) is 0 Å². The van der Waals surface area contributed by atoms with E-state index < -0.39 is 0 Å². The summed E-state index contributed by atoms with van der Waals surface area (Å²) in [6, 6.07) is 5.58. The second kappa shape index (κ2) is 6.78. The lowest BCUT2D eigenvalue weighted by Gasteiger charge is -2.18. The highest BCUT2D eigenvalue weighted by Crippen LogP contribution is 2.28. The lowest BCUT2D eigenvalue weighted by atomic mass is 9.98. The van der Waals surface area contributed by atoms with Gasteiger partial charge >= 0.3 is 0 Å². The van der Waals surface area contributed by atoms with Crippen molar-refractivity contribution < 1.29 is 9.13 Å². The predicted octanol–water partition coefficient (Wildman–Crippen LogP) is 4.61. The maximum atomic E-state index is 13.6. The Morgan fingerprint density at radius 1 is 1.26 bits per heavy atom. The lowest BCUT2D eigenvalue weighted by molar-refractivity contribution is 0.386. The fourth-order valence-corrected chi connectivity index (χ4v) is 2.92. The number of anilines is 1. The van der Waals surface area contributed by atoms with Gasteiger partial charge in [-0.25, -0.2) is 4.39 Å². The molecule has 0 saturated heterocycles. The molecular weight excluding hydrogens is 241 g/mol. The average Bonchev–Trinajstić information content (AvgIpc) is 2.64. The van der Waals surface area contributed by atoms with Crippen molar-refractivity contribution in [2.75, 3.05) is 12.4 Å². The molecule has 2 nitrogen and oxygen atoms in total. The van der Waals surface area contributed by atoms with E-state index in [0.717, 1.165) is 11.6 Å². The third kappa shape index (κ3) is 3.85. The Morgan fingerprint density at radius 2 is 2.11 bits per heavy atom. The molecule has 1 aliphatic carbocycles. The number of benzene rings is 1. The third-order valence-corrected chi connectivity index (χ3v) is 4.19. The van der Waals surface area contributed by atoms with Gasteiger partial charge in [-0.1, -0.05) is 26.2 Å². The number of methoxy groups -OCH3 is 1. The number of ether oxygens (including phenoxy) is 1. The molecule has 1 fully saturated rings. The van der Waals surface area contributed by atoms with Gasteiger partial charge in [0.25, 0.3) is 0 Å². The fourth-order valence-electron chi connectivity index (χ4n) is 2.92. The molecule has 0 amide bonds. The number of nitrogens with one attached hydrogen (secondary N) is 1. The molecule has 3 heteroatoms. The maximum Gasteiger partial charge on any atom is 0.167 e. The van der Waals surface area contributed by atoms with Crippen molar-refractivity contribution in [3.8, 4) is 5.75 Å². The Bertz CT molecular complexity index is 408. The van der Waals surface area contributed by atoms with Crippen LogP contribution < -0.4 is 10.1 Å². The van der Waals surface area contributed by atoms with Crippen LogP contribution in [0.2, 0.25) is 0 Å². The lowest BCUT2D eigenvalue weighted by Crippen LogP contribution is -2.18. The zero-order valence-electron chi connectivity index (χ0n) is 11.9. The van der Waals surface area contributed by atoms with Crippen LogP contribution in [0.25, 0.3) is 0 Å². The molecule has 2 rings (SSSR count). The molecule has 0 radical (unpaired) electrons. The summed E-state index contributed by atoms with van der Waals surface area (Å²) in [5.41, 5.74) is 0.859. The summed E-state index contributed by atoms with van der Waals surface area (Å²) in [6.07, 6.45) is 7.55. The minimum atomic E-state index is -0.299. The van der Waals surface area contributed by atoms with Gasteiger partial charge in [0.2, 0.25) is 0 Å². The maximum absolute atomic E-state index is 13.6. The standard InChI is InChI=1S/C16H24FNO/c1-3-12-5-4-6-13(8-7-12)18-14-9-10-16(19-2)15(17)11-14/h9-13,18H,3-8H2,1-2H3. The first-order chi connectivity index (χ1) is 9.22. The van der Waals surface area contributed by atoms with Crippen molar-refractivity contribution in [2.24, 2.45) is 5.92 Å². The Kier molecular flexibility index (Phi) is 5.06. The van der Waals surface area contributed by atoms with E-state index in [1.54, 1.807) is 6.07 Å². The zero-order chi connectivity index (χ0) is 13.7. The van der Waals surface area contributed by atoms with Crippen LogP contribution in [-0.4, -0.2) is 13.2 Å². The molecule has 19 heavy (non-hydrogen) atoms. The zero-order valence-corrected chi connectivity index (χ0v) is 11.9. The minimum Gasteiger partial charge on any atom is -0.494 e. The molecule has 2 unspecified atom stereocenters. The van der Waals surface area contributed by atoms with E-state index in [9.17, 15) is 4.39 Å². The summed E-state index contributed by atoms with van der Waals surface area (Å²) >= 11 is 0. The first kappa shape index (κ1) is 14.2. The largest absolute Gasteiger partial charge is 0.494 e. The van der Waals surface area contributed by atoms with E-state index in [0.29, 0.717) is 11.8 Å². The minimum absolute atomic E-state index is 0.299. The van der Waals surface area contributed by atoms with Gasteiger partial charge in [0, 0.05) is 17.8 Å². The van der Waals surface area contributed by atoms with E-state index >= 15 is 0 Å². The average molecular weight is 265 g/mol. The van der Waals surface area contributed by atoms with Gasteiger partial charge in [-0.3, -0.25) is 0 Å². The van der Waals surface area contributed by atoms with E-state index in [1.165, 1.54) is 51.7 Å². The Hall–Kier alpha value is -1.25. The Balaban J connectivity index is 1.95. The van der Waals surface area contributed by atoms with Crippen molar-refractivity contribution in [2.45, 2.75) is 51.5 Å². The smallest absolute Gasteiger partial charge is 0.167 e. The summed E-state index contributed by atoms with van der Waals surface area (Å²) in [4.78, 5) is 0. The van der Waals surface area contributed by atoms with Gasteiger partial charge in [-0.15, -0.1) is 0 Å². The first-order valence-corrected chi connectivity index (χ1v) is 7.33. The number of halogens is 1. The van der Waals surface area contributed by atoms with E-state index in [1.807, 2.05) is 6.07 Å². The van der Waals surface area contributed by atoms with Crippen LogP contribution in [0.3, 0.4) is 0 Å². The first-order valence-electron chi connectivity index (χ1n) is 7.33. The van der Waals surface area contributed by atoms with Gasteiger partial charge in [-0.2, -0.15) is 0 Å². The van der Waals surface area contributed by atoms with Gasteiger partial charge < -0.3 is 10.1 Å². The molecule has 106 valence electrons. The topological polar surface area (TPSA) is 21.3 Å². The summed E-state index contributed by atoms with van der Waals surface area (Å²) < 4.78 is 18.6. The van der Waals surface area contributed by atoms with Crippen LogP contribution >= 0.6 is 0 Å².